The van der Waals surface area contributed by atoms with E-state index in [-0.39, 0.29) is 24.7 Å². The van der Waals surface area contributed by atoms with Crippen molar-refractivity contribution in [3.8, 4) is 11.5 Å². The maximum Gasteiger partial charge on any atom is 1.00 e. The van der Waals surface area contributed by atoms with Gasteiger partial charge in [-0.05, 0) is 23.9 Å². The van der Waals surface area contributed by atoms with E-state index in [1.807, 2.05) is 0 Å². The molecule has 0 spiro atoms. The van der Waals surface area contributed by atoms with Gasteiger partial charge in [0.15, 0.2) is 0 Å². The van der Waals surface area contributed by atoms with Crippen LogP contribution in [0, 0.1) is 12.1 Å². The molecule has 1 aromatic carbocycles. The van der Waals surface area contributed by atoms with Crippen molar-refractivity contribution in [1.29, 1.82) is 0 Å². The summed E-state index contributed by atoms with van der Waals surface area (Å²) in [6.45, 7) is 0. The molecular weight excluding hydrogens is 164 g/mol. The Morgan fingerprint density at radius 2 is 1.92 bits per heavy atom. The third-order valence-electron chi connectivity index (χ3n) is 1.48. The molecule has 0 aliphatic carbocycles. The van der Waals surface area contributed by atoms with E-state index >= 15 is 0 Å². The Labute approximate surface area is 87.0 Å². The van der Waals surface area contributed by atoms with Gasteiger partial charge in [0.2, 0.25) is 0 Å². The second-order valence-corrected chi connectivity index (χ2v) is 2.29. The molecule has 4 heteroatoms. The largest absolute Gasteiger partial charge is 1.00 e. The van der Waals surface area contributed by atoms with E-state index in [4.69, 9.17) is 4.42 Å². The first-order valence-corrected chi connectivity index (χ1v) is 3.44. The SMILES string of the molecule is Fc1ccc(-c2nc[c-]o2)cc1.[Li+]. The van der Waals surface area contributed by atoms with Crippen LogP contribution in [0.5, 0.6) is 0 Å². The molecular formula is C9H5FLiNO. The van der Waals surface area contributed by atoms with Crippen LogP contribution in [0.1, 0.15) is 0 Å². The van der Waals surface area contributed by atoms with Crippen molar-refractivity contribution < 1.29 is 27.7 Å². The molecule has 0 unspecified atom stereocenters. The second-order valence-electron chi connectivity index (χ2n) is 2.29. The fourth-order valence-corrected chi connectivity index (χ4v) is 0.919. The molecule has 0 N–H and O–H groups in total. The standard InChI is InChI=1S/C9H5FNO.Li/c10-8-3-1-7(2-4-8)9-11-5-6-12-9;/h1-5H;/q-1;+1. The van der Waals surface area contributed by atoms with Crippen LogP contribution in [0.25, 0.3) is 11.5 Å². The smallest absolute Gasteiger partial charge is 0.627 e. The number of hydrogen-bond donors (Lipinski definition) is 0. The average Bonchev–Trinajstić information content (AvgIpc) is 2.58. The molecule has 0 aliphatic heterocycles. The molecule has 2 rings (SSSR count). The Hall–Kier alpha value is -1.04. The summed E-state index contributed by atoms with van der Waals surface area (Å²) in [6, 6.07) is 5.93. The normalized spacial score (nSPS) is 9.31. The van der Waals surface area contributed by atoms with Gasteiger partial charge in [0, 0.05) is 0 Å². The summed E-state index contributed by atoms with van der Waals surface area (Å²) < 4.78 is 17.4. The fourth-order valence-electron chi connectivity index (χ4n) is 0.919. The fraction of sp³-hybridized carbons (Fsp3) is 0. The van der Waals surface area contributed by atoms with E-state index < -0.39 is 0 Å². The molecule has 13 heavy (non-hydrogen) atoms. The quantitative estimate of drug-likeness (QED) is 0.416. The summed E-state index contributed by atoms with van der Waals surface area (Å²) in [4.78, 5) is 3.87. The Balaban J connectivity index is 0.000000845. The average molecular weight is 169 g/mol. The van der Waals surface area contributed by atoms with Crippen LogP contribution in [-0.4, -0.2) is 4.98 Å². The Kier molecular flexibility index (Phi) is 3.30. The summed E-state index contributed by atoms with van der Waals surface area (Å²) in [5.74, 6) is 0.185. The molecule has 0 saturated carbocycles. The number of rotatable bonds is 1. The Morgan fingerprint density at radius 1 is 1.23 bits per heavy atom. The monoisotopic (exact) mass is 169 g/mol. The van der Waals surface area contributed by atoms with Gasteiger partial charge >= 0.3 is 18.9 Å². The van der Waals surface area contributed by atoms with Gasteiger partial charge in [0.1, 0.15) is 5.82 Å². The molecule has 2 aromatic rings. The maximum absolute atomic E-state index is 12.5. The van der Waals surface area contributed by atoms with Crippen molar-refractivity contribution >= 4 is 0 Å². The van der Waals surface area contributed by atoms with Crippen LogP contribution in [0.15, 0.2) is 34.9 Å². The number of halogens is 1. The van der Waals surface area contributed by atoms with Crippen LogP contribution in [0.2, 0.25) is 0 Å². The Bertz CT molecular complexity index is 358. The van der Waals surface area contributed by atoms with E-state index in [0.717, 1.165) is 5.56 Å². The van der Waals surface area contributed by atoms with Crippen molar-refractivity contribution in [1.82, 2.24) is 4.98 Å². The molecule has 0 radical (unpaired) electrons. The first-order valence-electron chi connectivity index (χ1n) is 3.44. The molecule has 0 bridgehead atoms. The van der Waals surface area contributed by atoms with Crippen molar-refractivity contribution in [2.45, 2.75) is 0 Å². The summed E-state index contributed by atoms with van der Waals surface area (Å²) >= 11 is 0. The maximum atomic E-state index is 12.5. The van der Waals surface area contributed by atoms with Gasteiger partial charge < -0.3 is 9.40 Å². The second kappa shape index (κ2) is 4.27. The van der Waals surface area contributed by atoms with Crippen molar-refractivity contribution in [3.05, 3.63) is 42.5 Å². The first-order chi connectivity index (χ1) is 5.86. The van der Waals surface area contributed by atoms with E-state index in [2.05, 4.69) is 11.2 Å². The van der Waals surface area contributed by atoms with Crippen LogP contribution in [0.4, 0.5) is 4.39 Å². The van der Waals surface area contributed by atoms with Crippen LogP contribution in [-0.2, 0) is 0 Å². The van der Waals surface area contributed by atoms with Crippen molar-refractivity contribution in [2.24, 2.45) is 0 Å². The van der Waals surface area contributed by atoms with Gasteiger partial charge in [-0.2, -0.15) is 0 Å². The molecule has 1 heterocycles. The third-order valence-corrected chi connectivity index (χ3v) is 1.48. The number of nitrogens with zero attached hydrogens (tertiary/aromatic N) is 1. The summed E-state index contributed by atoms with van der Waals surface area (Å²) in [7, 11) is 0. The predicted octanol–water partition coefficient (Wildman–Crippen LogP) is -0.715. The van der Waals surface area contributed by atoms with Crippen LogP contribution >= 0.6 is 0 Å². The predicted molar refractivity (Wildman–Crippen MR) is 40.7 cm³/mol. The van der Waals surface area contributed by atoms with Crippen LogP contribution in [0.3, 0.4) is 0 Å². The molecule has 1 aromatic heterocycles. The van der Waals surface area contributed by atoms with Gasteiger partial charge in [-0.25, -0.2) is 4.39 Å². The van der Waals surface area contributed by atoms with Crippen molar-refractivity contribution in [3.63, 3.8) is 0 Å². The minimum absolute atomic E-state index is 0. The molecule has 0 fully saturated rings. The van der Waals surface area contributed by atoms with Gasteiger partial charge in [-0.15, -0.1) is 0 Å². The number of benzene rings is 1. The topological polar surface area (TPSA) is 26.0 Å². The zero-order chi connectivity index (χ0) is 8.39. The minimum atomic E-state index is -0.269. The molecule has 2 nitrogen and oxygen atoms in total. The molecule has 0 aliphatic rings. The molecule has 60 valence electrons. The summed E-state index contributed by atoms with van der Waals surface area (Å²) in [6.07, 6.45) is 3.89. The number of oxazole rings is 1. The summed E-state index contributed by atoms with van der Waals surface area (Å²) in [5.41, 5.74) is 0.748. The molecule has 0 amide bonds. The van der Waals surface area contributed by atoms with Gasteiger partial charge in [0.05, 0.1) is 5.89 Å². The minimum Gasteiger partial charge on any atom is -0.627 e. The van der Waals surface area contributed by atoms with E-state index in [1.54, 1.807) is 12.1 Å². The van der Waals surface area contributed by atoms with Gasteiger partial charge in [-0.1, -0.05) is 18.4 Å². The van der Waals surface area contributed by atoms with Crippen LogP contribution < -0.4 is 18.9 Å². The zero-order valence-electron chi connectivity index (χ0n) is 7.12. The van der Waals surface area contributed by atoms with Gasteiger partial charge in [0.25, 0.3) is 0 Å². The molecule has 0 saturated heterocycles. The van der Waals surface area contributed by atoms with Crippen molar-refractivity contribution in [2.75, 3.05) is 0 Å². The zero-order valence-corrected chi connectivity index (χ0v) is 7.12. The number of hydrogen-bond acceptors (Lipinski definition) is 2. The van der Waals surface area contributed by atoms with E-state index in [1.165, 1.54) is 18.3 Å². The first kappa shape index (κ1) is 10.0. The van der Waals surface area contributed by atoms with Gasteiger partial charge in [-0.3, -0.25) is 0 Å². The number of aromatic nitrogens is 1. The third kappa shape index (κ3) is 2.21. The van der Waals surface area contributed by atoms with E-state index in [9.17, 15) is 4.39 Å². The van der Waals surface area contributed by atoms with E-state index in [0.29, 0.717) is 5.89 Å². The Morgan fingerprint density at radius 3 is 2.46 bits per heavy atom. The molecule has 0 atom stereocenters. The summed E-state index contributed by atoms with van der Waals surface area (Å²) in [5, 5.41) is 0.